The summed E-state index contributed by atoms with van der Waals surface area (Å²) < 4.78 is 8.95. The molecule has 1 aromatic carbocycles. The Morgan fingerprint density at radius 2 is 2.07 bits per heavy atom. The second kappa shape index (κ2) is 7.43. The molecular weight excluding hydrogens is 364 g/mol. The van der Waals surface area contributed by atoms with Gasteiger partial charge in [-0.15, -0.1) is 6.58 Å². The molecule has 0 aliphatic heterocycles. The van der Waals surface area contributed by atoms with E-state index in [1.165, 1.54) is 32.0 Å². The molecule has 3 aromatic rings. The van der Waals surface area contributed by atoms with Gasteiger partial charge in [-0.25, -0.2) is 10.2 Å². The molecule has 0 bridgehead atoms. The molecular formula is C18H20N6O4. The summed E-state index contributed by atoms with van der Waals surface area (Å²) in [6.07, 6.45) is 3.00. The van der Waals surface area contributed by atoms with Crippen molar-refractivity contribution in [1.29, 1.82) is 0 Å². The highest BCUT2D eigenvalue weighted by molar-refractivity contribution is 5.85. The van der Waals surface area contributed by atoms with Gasteiger partial charge in [0.15, 0.2) is 22.7 Å². The highest BCUT2D eigenvalue weighted by Crippen LogP contribution is 2.28. The number of nitrogens with zero attached hydrogens (tertiary/aromatic N) is 5. The number of anilines is 1. The first kappa shape index (κ1) is 19.0. The molecule has 2 heterocycles. The number of benzene rings is 1. The van der Waals surface area contributed by atoms with Crippen molar-refractivity contribution in [2.24, 2.45) is 19.2 Å². The van der Waals surface area contributed by atoms with Crippen molar-refractivity contribution in [3.63, 3.8) is 0 Å². The van der Waals surface area contributed by atoms with E-state index in [0.29, 0.717) is 11.3 Å². The van der Waals surface area contributed by atoms with Gasteiger partial charge in [0.2, 0.25) is 5.95 Å². The van der Waals surface area contributed by atoms with Gasteiger partial charge in [0.05, 0.1) is 13.3 Å². The van der Waals surface area contributed by atoms with E-state index in [2.05, 4.69) is 22.1 Å². The topological polar surface area (TPSA) is 116 Å². The van der Waals surface area contributed by atoms with Gasteiger partial charge in [-0.1, -0.05) is 12.1 Å². The first-order chi connectivity index (χ1) is 13.4. The largest absolute Gasteiger partial charge is 0.504 e. The van der Waals surface area contributed by atoms with Crippen molar-refractivity contribution in [2.75, 3.05) is 12.5 Å². The Balaban J connectivity index is 2.06. The Morgan fingerprint density at radius 3 is 2.75 bits per heavy atom. The summed E-state index contributed by atoms with van der Waals surface area (Å²) in [5.74, 6) is 0.527. The van der Waals surface area contributed by atoms with E-state index >= 15 is 0 Å². The first-order valence-electron chi connectivity index (χ1n) is 8.32. The number of aryl methyl sites for hydroxylation is 1. The Kier molecular flexibility index (Phi) is 5.03. The molecule has 0 saturated carbocycles. The smallest absolute Gasteiger partial charge is 0.332 e. The predicted molar refractivity (Wildman–Crippen MR) is 106 cm³/mol. The minimum atomic E-state index is -0.475. The zero-order valence-corrected chi connectivity index (χ0v) is 15.7. The normalized spacial score (nSPS) is 11.2. The van der Waals surface area contributed by atoms with Crippen LogP contribution >= 0.6 is 0 Å². The van der Waals surface area contributed by atoms with Crippen molar-refractivity contribution in [2.45, 2.75) is 6.54 Å². The number of methoxy groups -OCH3 is 1. The van der Waals surface area contributed by atoms with Gasteiger partial charge < -0.3 is 9.84 Å². The molecule has 0 spiro atoms. The number of phenolic OH excluding ortho intramolecular Hbond substituents is 1. The number of allylic oxidation sites excluding steroid dienone is 1. The van der Waals surface area contributed by atoms with E-state index in [-0.39, 0.29) is 29.4 Å². The molecule has 0 aliphatic rings. The number of rotatable bonds is 6. The molecule has 0 fully saturated rings. The Hall–Kier alpha value is -3.82. The molecule has 0 saturated heterocycles. The summed E-state index contributed by atoms with van der Waals surface area (Å²) in [7, 11) is 4.40. The highest BCUT2D eigenvalue weighted by atomic mass is 16.5. The number of fused-ring (bicyclic) bond motifs is 1. The second-order valence-corrected chi connectivity index (χ2v) is 5.98. The van der Waals surface area contributed by atoms with Gasteiger partial charge >= 0.3 is 5.69 Å². The Labute approximate surface area is 159 Å². The maximum absolute atomic E-state index is 12.6. The fraction of sp³-hybridized carbons (Fsp3) is 0.222. The number of hydrogen-bond acceptors (Lipinski definition) is 7. The minimum Gasteiger partial charge on any atom is -0.504 e. The molecule has 0 atom stereocenters. The molecule has 10 heteroatoms. The van der Waals surface area contributed by atoms with Crippen molar-refractivity contribution in [1.82, 2.24) is 18.7 Å². The molecule has 0 radical (unpaired) electrons. The van der Waals surface area contributed by atoms with Crippen molar-refractivity contribution < 1.29 is 9.84 Å². The second-order valence-electron chi connectivity index (χ2n) is 5.98. The third kappa shape index (κ3) is 3.04. The summed E-state index contributed by atoms with van der Waals surface area (Å²) in [6, 6.07) is 5.00. The lowest BCUT2D eigenvalue weighted by atomic mass is 10.2. The molecule has 28 heavy (non-hydrogen) atoms. The molecule has 0 unspecified atom stereocenters. The van der Waals surface area contributed by atoms with Crippen LogP contribution in [0.25, 0.3) is 11.2 Å². The van der Waals surface area contributed by atoms with Crippen LogP contribution in [0.3, 0.4) is 0 Å². The number of hydrazone groups is 1. The summed E-state index contributed by atoms with van der Waals surface area (Å²) in [4.78, 5) is 29.0. The van der Waals surface area contributed by atoms with E-state index in [9.17, 15) is 14.7 Å². The van der Waals surface area contributed by atoms with E-state index in [1.54, 1.807) is 28.8 Å². The number of ether oxygens (including phenoxy) is 1. The summed E-state index contributed by atoms with van der Waals surface area (Å²) in [5, 5.41) is 14.2. The minimum absolute atomic E-state index is 0.0496. The summed E-state index contributed by atoms with van der Waals surface area (Å²) in [5.41, 5.74) is 2.74. The zero-order valence-electron chi connectivity index (χ0n) is 15.7. The quantitative estimate of drug-likeness (QED) is 0.369. The zero-order chi connectivity index (χ0) is 20.4. The van der Waals surface area contributed by atoms with Crippen molar-refractivity contribution >= 4 is 23.3 Å². The number of phenols is 1. The lowest BCUT2D eigenvalue weighted by molar-refractivity contribution is 0.373. The summed E-state index contributed by atoms with van der Waals surface area (Å²) >= 11 is 0. The van der Waals surface area contributed by atoms with Gasteiger partial charge in [0.1, 0.15) is 0 Å². The van der Waals surface area contributed by atoms with E-state index in [4.69, 9.17) is 4.74 Å². The molecule has 3 rings (SSSR count). The predicted octanol–water partition coefficient (Wildman–Crippen LogP) is 0.780. The summed E-state index contributed by atoms with van der Waals surface area (Å²) in [6.45, 7) is 3.98. The van der Waals surface area contributed by atoms with Crippen molar-refractivity contribution in [3.8, 4) is 11.5 Å². The monoisotopic (exact) mass is 384 g/mol. The van der Waals surface area contributed by atoms with Crippen LogP contribution in [0.2, 0.25) is 0 Å². The number of aromatic nitrogens is 4. The highest BCUT2D eigenvalue weighted by Gasteiger charge is 2.18. The third-order valence-electron chi connectivity index (χ3n) is 4.28. The number of imidazole rings is 1. The maximum Gasteiger partial charge on any atom is 0.332 e. The van der Waals surface area contributed by atoms with Crippen LogP contribution in [-0.4, -0.2) is 37.1 Å². The molecule has 0 amide bonds. The van der Waals surface area contributed by atoms with E-state index < -0.39 is 11.2 Å². The Bertz CT molecular complexity index is 1200. The van der Waals surface area contributed by atoms with E-state index in [1.807, 2.05) is 0 Å². The van der Waals surface area contributed by atoms with Crippen LogP contribution in [0.4, 0.5) is 5.95 Å². The standard InChI is InChI=1S/C18H20N6O4/c1-5-9-24-13-15(22(2)18(27)23(3)16(13)26)20-17(24)21-19-10-11-7-6-8-12(28-4)14(11)25/h5-8,10,25H,1,9H2,2-4H3,(H,20,21). The van der Waals surface area contributed by atoms with Crippen LogP contribution in [0.5, 0.6) is 11.5 Å². The van der Waals surface area contributed by atoms with Crippen LogP contribution in [0.1, 0.15) is 5.56 Å². The number of aromatic hydroxyl groups is 1. The van der Waals surface area contributed by atoms with Gasteiger partial charge in [-0.05, 0) is 12.1 Å². The van der Waals surface area contributed by atoms with Crippen LogP contribution in [0, 0.1) is 0 Å². The fourth-order valence-corrected chi connectivity index (χ4v) is 2.81. The van der Waals surface area contributed by atoms with Gasteiger partial charge in [0, 0.05) is 26.2 Å². The Morgan fingerprint density at radius 1 is 1.32 bits per heavy atom. The number of nitrogens with one attached hydrogen (secondary N) is 1. The molecule has 0 aliphatic carbocycles. The fourth-order valence-electron chi connectivity index (χ4n) is 2.81. The van der Waals surface area contributed by atoms with E-state index in [0.717, 1.165) is 4.57 Å². The van der Waals surface area contributed by atoms with Gasteiger partial charge in [-0.3, -0.25) is 18.5 Å². The molecule has 2 N–H and O–H groups in total. The lowest BCUT2D eigenvalue weighted by Crippen LogP contribution is -2.37. The molecule has 146 valence electrons. The molecule has 10 nitrogen and oxygen atoms in total. The number of hydrogen-bond donors (Lipinski definition) is 2. The van der Waals surface area contributed by atoms with Gasteiger partial charge in [-0.2, -0.15) is 10.1 Å². The maximum atomic E-state index is 12.6. The van der Waals surface area contributed by atoms with Crippen LogP contribution < -0.4 is 21.4 Å². The third-order valence-corrected chi connectivity index (χ3v) is 4.28. The first-order valence-corrected chi connectivity index (χ1v) is 8.32. The van der Waals surface area contributed by atoms with Crippen LogP contribution in [0.15, 0.2) is 45.5 Å². The average molecular weight is 384 g/mol. The van der Waals surface area contributed by atoms with Crippen molar-refractivity contribution in [3.05, 3.63) is 57.3 Å². The average Bonchev–Trinajstić information content (AvgIpc) is 3.05. The SMILES string of the molecule is C=CCn1c(NN=Cc2cccc(OC)c2O)nc2c1c(=O)n(C)c(=O)n2C. The lowest BCUT2D eigenvalue weighted by Gasteiger charge is -2.07. The van der Waals surface area contributed by atoms with Gasteiger partial charge in [0.25, 0.3) is 5.56 Å². The molecule has 2 aromatic heterocycles. The number of para-hydroxylation sites is 1. The van der Waals surface area contributed by atoms with Crippen LogP contribution in [-0.2, 0) is 20.6 Å².